The zero-order chi connectivity index (χ0) is 21.7. The number of hydrogen-bond acceptors (Lipinski definition) is 5. The zero-order valence-corrected chi connectivity index (χ0v) is 17.3. The van der Waals surface area contributed by atoms with Crippen molar-refractivity contribution in [2.45, 2.75) is 26.5 Å². The van der Waals surface area contributed by atoms with Crippen molar-refractivity contribution in [3.8, 4) is 0 Å². The number of alkyl halides is 2. The molecular formula is C21H21F2N3O3S. The van der Waals surface area contributed by atoms with Crippen LogP contribution < -0.4 is 5.32 Å². The maximum atomic E-state index is 13.5. The molecule has 0 saturated carbocycles. The molecule has 1 atom stereocenters. The Bertz CT molecular complexity index is 1040. The van der Waals surface area contributed by atoms with E-state index in [9.17, 15) is 18.4 Å². The maximum Gasteiger partial charge on any atom is 0.320 e. The highest BCUT2D eigenvalue weighted by Crippen LogP contribution is 2.28. The first kappa shape index (κ1) is 21.8. The normalized spacial score (nSPS) is 12.2. The van der Waals surface area contributed by atoms with Gasteiger partial charge >= 0.3 is 12.5 Å². The van der Waals surface area contributed by atoms with Crippen LogP contribution >= 0.6 is 11.8 Å². The first-order chi connectivity index (χ1) is 14.3. The van der Waals surface area contributed by atoms with E-state index in [2.05, 4.69) is 10.3 Å². The predicted octanol–water partition coefficient (Wildman–Crippen LogP) is 4.72. The van der Waals surface area contributed by atoms with Crippen LogP contribution in [0.3, 0.4) is 0 Å². The van der Waals surface area contributed by atoms with Crippen LogP contribution in [0.15, 0.2) is 48.5 Å². The molecule has 6 nitrogen and oxygen atoms in total. The fourth-order valence-electron chi connectivity index (χ4n) is 2.90. The third-order valence-electron chi connectivity index (χ3n) is 4.28. The Labute approximate surface area is 176 Å². The number of aryl methyl sites for hydroxylation is 1. The van der Waals surface area contributed by atoms with Gasteiger partial charge in [-0.1, -0.05) is 29.8 Å². The number of hydrogen-bond donors (Lipinski definition) is 1. The Kier molecular flexibility index (Phi) is 7.04. The number of fused-ring (bicyclic) bond motifs is 1. The SMILES string of the molecule is Cc1ccc(NC(=O)CSCC(=O)OC(C)c2nc3ccccc3n2C(F)F)cc1. The number of amides is 1. The van der Waals surface area contributed by atoms with Gasteiger partial charge in [-0.2, -0.15) is 8.78 Å². The number of thioether (sulfide) groups is 1. The van der Waals surface area contributed by atoms with Crippen molar-refractivity contribution in [3.63, 3.8) is 0 Å². The van der Waals surface area contributed by atoms with Crippen LogP contribution in [0.5, 0.6) is 0 Å². The van der Waals surface area contributed by atoms with E-state index in [0.717, 1.165) is 21.9 Å². The molecule has 0 radical (unpaired) electrons. The van der Waals surface area contributed by atoms with Crippen molar-refractivity contribution in [3.05, 3.63) is 59.9 Å². The van der Waals surface area contributed by atoms with Crippen LogP contribution in [-0.2, 0) is 14.3 Å². The second-order valence-corrected chi connectivity index (χ2v) is 7.63. The molecule has 2 aromatic carbocycles. The van der Waals surface area contributed by atoms with Gasteiger partial charge in [0.1, 0.15) is 0 Å². The Morgan fingerprint density at radius 3 is 2.53 bits per heavy atom. The number of nitrogens with one attached hydrogen (secondary N) is 1. The van der Waals surface area contributed by atoms with Crippen molar-refractivity contribution < 1.29 is 23.1 Å². The molecule has 1 N–H and O–H groups in total. The highest BCUT2D eigenvalue weighted by atomic mass is 32.2. The molecule has 9 heteroatoms. The number of imidazole rings is 1. The summed E-state index contributed by atoms with van der Waals surface area (Å²) < 4.78 is 33.1. The van der Waals surface area contributed by atoms with Crippen molar-refractivity contribution in [1.82, 2.24) is 9.55 Å². The largest absolute Gasteiger partial charge is 0.454 e. The molecule has 0 fully saturated rings. The number of halogens is 2. The summed E-state index contributed by atoms with van der Waals surface area (Å²) in [6.45, 7) is 0.630. The summed E-state index contributed by atoms with van der Waals surface area (Å²) in [7, 11) is 0. The number of esters is 1. The molecule has 0 aliphatic heterocycles. The molecule has 1 aromatic heterocycles. The molecule has 0 bridgehead atoms. The van der Waals surface area contributed by atoms with Crippen molar-refractivity contribution >= 4 is 40.4 Å². The Morgan fingerprint density at radius 1 is 1.13 bits per heavy atom. The summed E-state index contributed by atoms with van der Waals surface area (Å²) in [5.74, 6) is -0.901. The lowest BCUT2D eigenvalue weighted by Crippen LogP contribution is -2.18. The third kappa shape index (κ3) is 5.35. The number of carbonyl (C=O) groups is 2. The van der Waals surface area contributed by atoms with Crippen LogP contribution in [0.2, 0.25) is 0 Å². The van der Waals surface area contributed by atoms with E-state index in [1.54, 1.807) is 30.3 Å². The van der Waals surface area contributed by atoms with Gasteiger partial charge in [0.15, 0.2) is 11.9 Å². The molecule has 0 aliphatic carbocycles. The topological polar surface area (TPSA) is 73.2 Å². The number of aromatic nitrogens is 2. The van der Waals surface area contributed by atoms with Crippen LogP contribution in [0.25, 0.3) is 11.0 Å². The number of carbonyl (C=O) groups excluding carboxylic acids is 2. The summed E-state index contributed by atoms with van der Waals surface area (Å²) in [5, 5.41) is 2.74. The fourth-order valence-corrected chi connectivity index (χ4v) is 3.49. The molecule has 1 amide bonds. The average molecular weight is 433 g/mol. The number of anilines is 1. The lowest BCUT2D eigenvalue weighted by atomic mass is 10.2. The van der Waals surface area contributed by atoms with Gasteiger partial charge in [-0.05, 0) is 38.1 Å². The fraction of sp³-hybridized carbons (Fsp3) is 0.286. The standard InChI is InChI=1S/C21H21F2N3O3S/c1-13-7-9-15(10-8-13)24-18(27)11-30-12-19(28)29-14(2)20-25-16-5-3-4-6-17(16)26(20)21(22)23/h3-10,14,21H,11-12H2,1-2H3,(H,24,27). The summed E-state index contributed by atoms with van der Waals surface area (Å²) in [4.78, 5) is 28.2. The predicted molar refractivity (Wildman–Crippen MR) is 113 cm³/mol. The number of ether oxygens (including phenoxy) is 1. The number of para-hydroxylation sites is 2. The van der Waals surface area contributed by atoms with Crippen molar-refractivity contribution in [1.29, 1.82) is 0 Å². The lowest BCUT2D eigenvalue weighted by Gasteiger charge is -2.15. The molecule has 0 aliphatic rings. The summed E-state index contributed by atoms with van der Waals surface area (Å²) in [6.07, 6.45) is -0.958. The van der Waals surface area contributed by atoms with Gasteiger partial charge in [0.2, 0.25) is 5.91 Å². The molecule has 3 aromatic rings. The molecule has 158 valence electrons. The number of rotatable bonds is 8. The summed E-state index contributed by atoms with van der Waals surface area (Å²) >= 11 is 1.08. The van der Waals surface area contributed by atoms with Gasteiger partial charge in [-0.3, -0.25) is 14.2 Å². The van der Waals surface area contributed by atoms with Gasteiger partial charge < -0.3 is 10.1 Å². The summed E-state index contributed by atoms with van der Waals surface area (Å²) in [5.41, 5.74) is 2.43. The Hall–Kier alpha value is -2.94. The van der Waals surface area contributed by atoms with Crippen molar-refractivity contribution in [2.75, 3.05) is 16.8 Å². The monoisotopic (exact) mass is 433 g/mol. The van der Waals surface area contributed by atoms with Gasteiger partial charge in [0.25, 0.3) is 0 Å². The molecule has 1 unspecified atom stereocenters. The van der Waals surface area contributed by atoms with E-state index in [-0.39, 0.29) is 28.8 Å². The second-order valence-electron chi connectivity index (χ2n) is 6.65. The molecule has 3 rings (SSSR count). The minimum Gasteiger partial charge on any atom is -0.454 e. The quantitative estimate of drug-likeness (QED) is 0.521. The van der Waals surface area contributed by atoms with Crippen LogP contribution in [0, 0.1) is 6.92 Å². The first-order valence-corrected chi connectivity index (χ1v) is 10.4. The summed E-state index contributed by atoms with van der Waals surface area (Å²) in [6, 6.07) is 13.9. The van der Waals surface area contributed by atoms with Gasteiger partial charge in [0.05, 0.1) is 22.5 Å². The number of benzene rings is 2. The molecule has 0 spiro atoms. The van der Waals surface area contributed by atoms with Gasteiger partial charge in [-0.25, -0.2) is 4.98 Å². The highest BCUT2D eigenvalue weighted by Gasteiger charge is 2.24. The van der Waals surface area contributed by atoms with Crippen LogP contribution in [0.1, 0.15) is 31.0 Å². The maximum absolute atomic E-state index is 13.5. The van der Waals surface area contributed by atoms with E-state index in [1.165, 1.54) is 13.0 Å². The minimum atomic E-state index is -2.81. The van der Waals surface area contributed by atoms with E-state index in [0.29, 0.717) is 11.2 Å². The Morgan fingerprint density at radius 2 is 1.83 bits per heavy atom. The Balaban J connectivity index is 1.52. The molecule has 1 heterocycles. The molecular weight excluding hydrogens is 412 g/mol. The van der Waals surface area contributed by atoms with Crippen LogP contribution in [-0.4, -0.2) is 32.9 Å². The average Bonchev–Trinajstić information content (AvgIpc) is 3.10. The van der Waals surface area contributed by atoms with E-state index < -0.39 is 18.6 Å². The smallest absolute Gasteiger partial charge is 0.320 e. The van der Waals surface area contributed by atoms with E-state index in [4.69, 9.17) is 4.74 Å². The third-order valence-corrected chi connectivity index (χ3v) is 5.18. The van der Waals surface area contributed by atoms with E-state index >= 15 is 0 Å². The van der Waals surface area contributed by atoms with Crippen molar-refractivity contribution in [2.24, 2.45) is 0 Å². The van der Waals surface area contributed by atoms with Crippen LogP contribution in [0.4, 0.5) is 14.5 Å². The first-order valence-electron chi connectivity index (χ1n) is 9.24. The van der Waals surface area contributed by atoms with Gasteiger partial charge in [-0.15, -0.1) is 11.8 Å². The number of nitrogens with zero attached hydrogens (tertiary/aromatic N) is 2. The molecule has 0 saturated heterocycles. The minimum absolute atomic E-state index is 0.0262. The van der Waals surface area contributed by atoms with Gasteiger partial charge in [0, 0.05) is 5.69 Å². The zero-order valence-electron chi connectivity index (χ0n) is 16.5. The second kappa shape index (κ2) is 9.71. The lowest BCUT2D eigenvalue weighted by molar-refractivity contribution is -0.146. The highest BCUT2D eigenvalue weighted by molar-refractivity contribution is 8.00. The van der Waals surface area contributed by atoms with E-state index in [1.807, 2.05) is 19.1 Å². The molecule has 30 heavy (non-hydrogen) atoms.